The lowest BCUT2D eigenvalue weighted by Crippen LogP contribution is -2.01. The molecule has 0 unspecified atom stereocenters. The number of nitrogens with zero attached hydrogens (tertiary/aromatic N) is 1. The summed E-state index contributed by atoms with van der Waals surface area (Å²) in [4.78, 5) is 4.06. The van der Waals surface area contributed by atoms with Crippen LogP contribution in [0, 0.1) is 0 Å². The molecule has 2 rings (SSSR count). The highest BCUT2D eigenvalue weighted by Crippen LogP contribution is 2.24. The predicted molar refractivity (Wildman–Crippen MR) is 78.4 cm³/mol. The molecule has 0 spiro atoms. The minimum absolute atomic E-state index is 0.472. The van der Waals surface area contributed by atoms with Crippen molar-refractivity contribution in [1.29, 1.82) is 0 Å². The molecule has 0 amide bonds. The minimum Gasteiger partial charge on any atom is -0.378 e. The van der Waals surface area contributed by atoms with Gasteiger partial charge in [-0.2, -0.15) is 0 Å². The van der Waals surface area contributed by atoms with Gasteiger partial charge in [-0.15, -0.1) is 0 Å². The fraction of sp³-hybridized carbons (Fsp3) is 0.0833. The van der Waals surface area contributed by atoms with Crippen LogP contribution in [-0.4, -0.2) is 4.98 Å². The third-order valence-corrected chi connectivity index (χ3v) is 3.74. The topological polar surface area (TPSA) is 24.9 Å². The normalized spacial score (nSPS) is 10.3. The molecule has 1 N–H and O–H groups in total. The van der Waals surface area contributed by atoms with Crippen molar-refractivity contribution in [2.75, 3.05) is 5.32 Å². The zero-order valence-electron chi connectivity index (χ0n) is 8.75. The second-order valence-electron chi connectivity index (χ2n) is 3.44. The maximum absolute atomic E-state index is 6.00. The Kier molecular flexibility index (Phi) is 4.42. The summed E-state index contributed by atoms with van der Waals surface area (Å²) in [6.07, 6.45) is 1.67. The van der Waals surface area contributed by atoms with E-state index in [1.807, 2.05) is 24.3 Å². The Morgan fingerprint density at radius 1 is 1.24 bits per heavy atom. The van der Waals surface area contributed by atoms with E-state index in [-0.39, 0.29) is 0 Å². The third-order valence-electron chi connectivity index (χ3n) is 2.23. The van der Waals surface area contributed by atoms with Crippen LogP contribution < -0.4 is 5.32 Å². The van der Waals surface area contributed by atoms with Gasteiger partial charge in [0.15, 0.2) is 5.15 Å². The van der Waals surface area contributed by atoms with Gasteiger partial charge < -0.3 is 5.32 Å². The molecule has 0 saturated carbocycles. The van der Waals surface area contributed by atoms with E-state index in [9.17, 15) is 0 Å². The zero-order valence-corrected chi connectivity index (χ0v) is 12.7. The maximum atomic E-state index is 6.00. The smallest absolute Gasteiger partial charge is 0.152 e. The van der Waals surface area contributed by atoms with Crippen LogP contribution in [0.5, 0.6) is 0 Å². The van der Waals surface area contributed by atoms with Gasteiger partial charge in [0.05, 0.1) is 5.69 Å². The van der Waals surface area contributed by atoms with Gasteiger partial charge in [-0.3, -0.25) is 0 Å². The maximum Gasteiger partial charge on any atom is 0.152 e. The first kappa shape index (κ1) is 12.9. The fourth-order valence-electron chi connectivity index (χ4n) is 1.38. The SMILES string of the molecule is Clc1ncc(Br)cc1NCc1ccccc1Br. The van der Waals surface area contributed by atoms with E-state index in [0.717, 1.165) is 14.6 Å². The van der Waals surface area contributed by atoms with Crippen LogP contribution in [0.25, 0.3) is 0 Å². The Hall–Kier alpha value is -0.580. The first-order valence-electron chi connectivity index (χ1n) is 4.95. The number of nitrogens with one attached hydrogen (secondary N) is 1. The molecule has 0 aliphatic carbocycles. The number of halogens is 3. The highest BCUT2D eigenvalue weighted by Gasteiger charge is 2.03. The molecule has 1 aromatic heterocycles. The molecule has 1 heterocycles. The number of hydrogen-bond acceptors (Lipinski definition) is 2. The van der Waals surface area contributed by atoms with Crippen LogP contribution in [-0.2, 0) is 6.54 Å². The molecule has 0 fully saturated rings. The Morgan fingerprint density at radius 2 is 2.00 bits per heavy atom. The molecule has 2 aromatic rings. The molecule has 0 aliphatic heterocycles. The molecule has 0 aliphatic rings. The number of benzene rings is 1. The van der Waals surface area contributed by atoms with Crippen LogP contribution in [0.3, 0.4) is 0 Å². The van der Waals surface area contributed by atoms with Crippen LogP contribution in [0.1, 0.15) is 5.56 Å². The van der Waals surface area contributed by atoms with Gasteiger partial charge in [0.25, 0.3) is 0 Å². The van der Waals surface area contributed by atoms with Gasteiger partial charge in [-0.05, 0) is 33.6 Å². The van der Waals surface area contributed by atoms with Crippen molar-refractivity contribution >= 4 is 49.1 Å². The lowest BCUT2D eigenvalue weighted by Gasteiger charge is -2.09. The molecule has 0 bridgehead atoms. The average molecular weight is 376 g/mol. The van der Waals surface area contributed by atoms with E-state index in [2.05, 4.69) is 48.2 Å². The summed E-state index contributed by atoms with van der Waals surface area (Å²) >= 11 is 12.9. The van der Waals surface area contributed by atoms with E-state index >= 15 is 0 Å². The van der Waals surface area contributed by atoms with Gasteiger partial charge in [0.1, 0.15) is 0 Å². The van der Waals surface area contributed by atoms with E-state index in [0.29, 0.717) is 11.7 Å². The second-order valence-corrected chi connectivity index (χ2v) is 5.56. The van der Waals surface area contributed by atoms with E-state index in [1.165, 1.54) is 5.56 Å². The van der Waals surface area contributed by atoms with Crippen molar-refractivity contribution in [2.24, 2.45) is 0 Å². The quantitative estimate of drug-likeness (QED) is 0.773. The third kappa shape index (κ3) is 3.44. The number of pyridine rings is 1. The summed E-state index contributed by atoms with van der Waals surface area (Å²) < 4.78 is 1.98. The minimum atomic E-state index is 0.472. The van der Waals surface area contributed by atoms with Crippen molar-refractivity contribution in [1.82, 2.24) is 4.98 Å². The van der Waals surface area contributed by atoms with Crippen LogP contribution in [0.15, 0.2) is 45.5 Å². The highest BCUT2D eigenvalue weighted by molar-refractivity contribution is 9.10. The van der Waals surface area contributed by atoms with Crippen LogP contribution in [0.2, 0.25) is 5.15 Å². The molecule has 0 atom stereocenters. The van der Waals surface area contributed by atoms with Crippen molar-refractivity contribution in [3.8, 4) is 0 Å². The standard InChI is InChI=1S/C12H9Br2ClN2/c13-9-5-11(12(15)17-7-9)16-6-8-3-1-2-4-10(8)14/h1-5,7,16H,6H2. The van der Waals surface area contributed by atoms with Gasteiger partial charge in [-0.1, -0.05) is 45.7 Å². The molecule has 1 aromatic carbocycles. The summed E-state index contributed by atoms with van der Waals surface area (Å²) in [6, 6.07) is 9.96. The number of aromatic nitrogens is 1. The highest BCUT2D eigenvalue weighted by atomic mass is 79.9. The van der Waals surface area contributed by atoms with Gasteiger partial charge >= 0.3 is 0 Å². The fourth-order valence-corrected chi connectivity index (χ4v) is 2.31. The van der Waals surface area contributed by atoms with E-state index < -0.39 is 0 Å². The first-order chi connectivity index (χ1) is 8.16. The largest absolute Gasteiger partial charge is 0.378 e. The predicted octanol–water partition coefficient (Wildman–Crippen LogP) is 4.87. The average Bonchev–Trinajstić information content (AvgIpc) is 2.32. The molecular weight excluding hydrogens is 367 g/mol. The van der Waals surface area contributed by atoms with Crippen molar-refractivity contribution in [3.63, 3.8) is 0 Å². The Bertz CT molecular complexity index is 532. The van der Waals surface area contributed by atoms with E-state index in [1.54, 1.807) is 6.20 Å². The molecule has 0 radical (unpaired) electrons. The monoisotopic (exact) mass is 374 g/mol. The van der Waals surface area contributed by atoms with E-state index in [4.69, 9.17) is 11.6 Å². The summed E-state index contributed by atoms with van der Waals surface area (Å²) in [5.74, 6) is 0. The first-order valence-corrected chi connectivity index (χ1v) is 6.91. The van der Waals surface area contributed by atoms with Gasteiger partial charge in [0, 0.05) is 21.7 Å². The Balaban J connectivity index is 2.12. The lowest BCUT2D eigenvalue weighted by atomic mass is 10.2. The molecule has 0 saturated heterocycles. The lowest BCUT2D eigenvalue weighted by molar-refractivity contribution is 1.12. The van der Waals surface area contributed by atoms with Crippen molar-refractivity contribution in [2.45, 2.75) is 6.54 Å². The summed E-state index contributed by atoms with van der Waals surface area (Å²) in [5, 5.41) is 3.73. The van der Waals surface area contributed by atoms with Crippen LogP contribution >= 0.6 is 43.5 Å². The zero-order chi connectivity index (χ0) is 12.3. The number of anilines is 1. The second kappa shape index (κ2) is 5.85. The van der Waals surface area contributed by atoms with Gasteiger partial charge in [-0.25, -0.2) is 4.98 Å². The molecule has 88 valence electrons. The van der Waals surface area contributed by atoms with Gasteiger partial charge in [0.2, 0.25) is 0 Å². The summed E-state index contributed by atoms with van der Waals surface area (Å²) in [5.41, 5.74) is 1.99. The Labute approximate surface area is 122 Å². The Morgan fingerprint density at radius 3 is 2.76 bits per heavy atom. The summed E-state index contributed by atoms with van der Waals surface area (Å²) in [7, 11) is 0. The molecule has 2 nitrogen and oxygen atoms in total. The molecule has 17 heavy (non-hydrogen) atoms. The van der Waals surface area contributed by atoms with Crippen LogP contribution in [0.4, 0.5) is 5.69 Å². The number of hydrogen-bond donors (Lipinski definition) is 1. The van der Waals surface area contributed by atoms with Crippen molar-refractivity contribution in [3.05, 3.63) is 56.2 Å². The molecular formula is C12H9Br2ClN2. The van der Waals surface area contributed by atoms with Crippen molar-refractivity contribution < 1.29 is 0 Å². The molecule has 5 heteroatoms. The number of rotatable bonds is 3. The summed E-state index contributed by atoms with van der Waals surface area (Å²) in [6.45, 7) is 0.694.